The van der Waals surface area contributed by atoms with Gasteiger partial charge in [0.25, 0.3) is 0 Å². The second-order valence-electron chi connectivity index (χ2n) is 6.63. The molecule has 6 heteroatoms. The summed E-state index contributed by atoms with van der Waals surface area (Å²) in [5, 5.41) is 12.7. The largest absolute Gasteiger partial charge is 0.497 e. The van der Waals surface area contributed by atoms with Crippen molar-refractivity contribution in [3.8, 4) is 11.4 Å². The number of carbonyl (C=O) groups is 1. The number of aliphatic carboxylic acids is 1. The summed E-state index contributed by atoms with van der Waals surface area (Å²) in [5.74, 6) is 0.749. The molecule has 2 atom stereocenters. The highest BCUT2D eigenvalue weighted by Gasteiger charge is 2.24. The average Bonchev–Trinajstić information content (AvgIpc) is 3.06. The highest BCUT2D eigenvalue weighted by molar-refractivity contribution is 5.78. The third-order valence-electron chi connectivity index (χ3n) is 4.92. The maximum atomic E-state index is 11.6. The number of benzene rings is 2. The molecule has 0 saturated heterocycles. The first-order chi connectivity index (χ1) is 13.0. The molecule has 2 N–H and O–H groups in total. The third-order valence-corrected chi connectivity index (χ3v) is 4.92. The maximum Gasteiger partial charge on any atom is 0.320 e. The van der Waals surface area contributed by atoms with E-state index in [1.165, 1.54) is 0 Å². The van der Waals surface area contributed by atoms with Crippen LogP contribution in [0.4, 0.5) is 0 Å². The van der Waals surface area contributed by atoms with E-state index in [1.807, 2.05) is 62.4 Å². The van der Waals surface area contributed by atoms with Gasteiger partial charge in [-0.25, -0.2) is 4.98 Å². The number of imidazole rings is 1. The van der Waals surface area contributed by atoms with Gasteiger partial charge < -0.3 is 9.84 Å². The number of fused-ring (bicyclic) bond motifs is 1. The number of carboxylic acid groups (broad SMARTS) is 1. The first-order valence-corrected chi connectivity index (χ1v) is 9.12. The Morgan fingerprint density at radius 3 is 2.56 bits per heavy atom. The molecule has 6 nitrogen and oxygen atoms in total. The molecule has 2 aromatic carbocycles. The lowest BCUT2D eigenvalue weighted by Gasteiger charge is -2.20. The van der Waals surface area contributed by atoms with Gasteiger partial charge in [-0.1, -0.05) is 32.4 Å². The summed E-state index contributed by atoms with van der Waals surface area (Å²) in [6.45, 7) is 4.30. The molecule has 3 rings (SSSR count). The van der Waals surface area contributed by atoms with Crippen LogP contribution in [0.15, 0.2) is 48.5 Å². The predicted octanol–water partition coefficient (Wildman–Crippen LogP) is 3.62. The maximum absolute atomic E-state index is 11.6. The molecular formula is C21H25N3O3. The van der Waals surface area contributed by atoms with Crippen molar-refractivity contribution in [2.45, 2.75) is 32.9 Å². The van der Waals surface area contributed by atoms with E-state index in [0.717, 1.165) is 34.7 Å². The van der Waals surface area contributed by atoms with Crippen molar-refractivity contribution in [3.63, 3.8) is 0 Å². The Kier molecular flexibility index (Phi) is 5.76. The van der Waals surface area contributed by atoms with Crippen LogP contribution in [0.2, 0.25) is 0 Å². The van der Waals surface area contributed by atoms with Crippen molar-refractivity contribution in [1.29, 1.82) is 0 Å². The van der Waals surface area contributed by atoms with Gasteiger partial charge in [-0.15, -0.1) is 0 Å². The van der Waals surface area contributed by atoms with E-state index in [4.69, 9.17) is 9.72 Å². The van der Waals surface area contributed by atoms with Gasteiger partial charge in [0.15, 0.2) is 0 Å². The van der Waals surface area contributed by atoms with E-state index < -0.39 is 12.0 Å². The van der Waals surface area contributed by atoms with Crippen LogP contribution in [0, 0.1) is 5.92 Å². The molecule has 1 aromatic heterocycles. The van der Waals surface area contributed by atoms with Gasteiger partial charge >= 0.3 is 5.97 Å². The van der Waals surface area contributed by atoms with Gasteiger partial charge in [0.1, 0.15) is 17.6 Å². The van der Waals surface area contributed by atoms with Crippen molar-refractivity contribution in [2.24, 2.45) is 5.92 Å². The fourth-order valence-electron chi connectivity index (χ4n) is 3.18. The zero-order valence-corrected chi connectivity index (χ0v) is 15.8. The van der Waals surface area contributed by atoms with Crippen LogP contribution in [0.1, 0.15) is 26.1 Å². The molecule has 0 amide bonds. The second kappa shape index (κ2) is 8.22. The van der Waals surface area contributed by atoms with E-state index in [9.17, 15) is 9.90 Å². The number of ether oxygens (including phenoxy) is 1. The molecule has 27 heavy (non-hydrogen) atoms. The molecular weight excluding hydrogens is 342 g/mol. The summed E-state index contributed by atoms with van der Waals surface area (Å²) in [7, 11) is 1.64. The zero-order chi connectivity index (χ0) is 19.4. The summed E-state index contributed by atoms with van der Waals surface area (Å²) < 4.78 is 7.30. The standard InChI is InChI=1S/C21H25N3O3/c1-4-14(2)20(21(25)26)22-13-19-23-17-7-5-6-8-18(17)24(19)15-9-11-16(27-3)12-10-15/h5-12,14,20,22H,4,13H2,1-3H3,(H,25,26)/t14-,20-/m0/s1. The third kappa shape index (κ3) is 3.95. The molecule has 0 fully saturated rings. The number of nitrogens with one attached hydrogen (secondary N) is 1. The van der Waals surface area contributed by atoms with Gasteiger partial charge in [-0.3, -0.25) is 14.7 Å². The Morgan fingerprint density at radius 1 is 1.22 bits per heavy atom. The number of hydrogen-bond acceptors (Lipinski definition) is 4. The normalized spacial score (nSPS) is 13.4. The number of nitrogens with zero attached hydrogens (tertiary/aromatic N) is 2. The molecule has 1 heterocycles. The molecule has 0 unspecified atom stereocenters. The van der Waals surface area contributed by atoms with Crippen LogP contribution in [-0.2, 0) is 11.3 Å². The molecule has 3 aromatic rings. The first-order valence-electron chi connectivity index (χ1n) is 9.12. The molecule has 0 aliphatic rings. The minimum absolute atomic E-state index is 0.0290. The smallest absolute Gasteiger partial charge is 0.320 e. The number of rotatable bonds is 8. The van der Waals surface area contributed by atoms with Gasteiger partial charge in [0, 0.05) is 5.69 Å². The molecule has 0 spiro atoms. The Labute approximate surface area is 158 Å². The van der Waals surface area contributed by atoms with Crippen molar-refractivity contribution < 1.29 is 14.6 Å². The second-order valence-corrected chi connectivity index (χ2v) is 6.63. The Balaban J connectivity index is 1.98. The number of aromatic nitrogens is 2. The van der Waals surface area contributed by atoms with Crippen LogP contribution in [-0.4, -0.2) is 33.8 Å². The zero-order valence-electron chi connectivity index (χ0n) is 15.8. The Bertz CT molecular complexity index is 918. The number of carboxylic acids is 1. The van der Waals surface area contributed by atoms with Crippen molar-refractivity contribution in [3.05, 3.63) is 54.4 Å². The molecule has 0 radical (unpaired) electrons. The number of methoxy groups -OCH3 is 1. The van der Waals surface area contributed by atoms with Crippen molar-refractivity contribution in [1.82, 2.24) is 14.9 Å². The summed E-state index contributed by atoms with van der Waals surface area (Å²) in [6.07, 6.45) is 0.791. The highest BCUT2D eigenvalue weighted by Crippen LogP contribution is 2.23. The van der Waals surface area contributed by atoms with Crippen molar-refractivity contribution >= 4 is 17.0 Å². The summed E-state index contributed by atoms with van der Waals surface area (Å²) >= 11 is 0. The molecule has 0 aliphatic carbocycles. The number of para-hydroxylation sites is 2. The van der Waals surface area contributed by atoms with Gasteiger partial charge in [0.2, 0.25) is 0 Å². The highest BCUT2D eigenvalue weighted by atomic mass is 16.5. The van der Waals surface area contributed by atoms with E-state index in [2.05, 4.69) is 9.88 Å². The minimum atomic E-state index is -0.837. The van der Waals surface area contributed by atoms with Gasteiger partial charge in [-0.2, -0.15) is 0 Å². The number of hydrogen-bond donors (Lipinski definition) is 2. The molecule has 0 saturated carbocycles. The van der Waals surface area contributed by atoms with E-state index >= 15 is 0 Å². The van der Waals surface area contributed by atoms with Crippen LogP contribution in [0.5, 0.6) is 5.75 Å². The van der Waals surface area contributed by atoms with Crippen molar-refractivity contribution in [2.75, 3.05) is 7.11 Å². The summed E-state index contributed by atoms with van der Waals surface area (Å²) in [6, 6.07) is 15.0. The average molecular weight is 367 g/mol. The quantitative estimate of drug-likeness (QED) is 0.636. The van der Waals surface area contributed by atoms with Crippen LogP contribution < -0.4 is 10.1 Å². The fraction of sp³-hybridized carbons (Fsp3) is 0.333. The van der Waals surface area contributed by atoms with Gasteiger partial charge in [-0.05, 0) is 42.3 Å². The monoisotopic (exact) mass is 367 g/mol. The fourth-order valence-corrected chi connectivity index (χ4v) is 3.18. The van der Waals surface area contributed by atoms with Crippen LogP contribution in [0.3, 0.4) is 0 Å². The summed E-state index contributed by atoms with van der Waals surface area (Å²) in [4.78, 5) is 16.3. The molecule has 0 bridgehead atoms. The Morgan fingerprint density at radius 2 is 1.93 bits per heavy atom. The van der Waals surface area contributed by atoms with Gasteiger partial charge in [0.05, 0.1) is 24.7 Å². The Hall–Kier alpha value is -2.86. The van der Waals surface area contributed by atoms with E-state index in [1.54, 1.807) is 7.11 Å². The predicted molar refractivity (Wildman–Crippen MR) is 105 cm³/mol. The molecule has 142 valence electrons. The lowest BCUT2D eigenvalue weighted by Crippen LogP contribution is -2.41. The SMILES string of the molecule is CC[C@H](C)[C@H](NCc1nc2ccccc2n1-c1ccc(OC)cc1)C(=O)O. The topological polar surface area (TPSA) is 76.4 Å². The lowest BCUT2D eigenvalue weighted by molar-refractivity contribution is -0.140. The first kappa shape index (κ1) is 18.9. The molecule has 0 aliphatic heterocycles. The summed E-state index contributed by atoms with van der Waals surface area (Å²) in [5.41, 5.74) is 2.81. The van der Waals surface area contributed by atoms with Crippen LogP contribution in [0.25, 0.3) is 16.7 Å². The van der Waals surface area contributed by atoms with E-state index in [-0.39, 0.29) is 5.92 Å². The van der Waals surface area contributed by atoms with E-state index in [0.29, 0.717) is 6.54 Å². The lowest BCUT2D eigenvalue weighted by atomic mass is 9.99. The van der Waals surface area contributed by atoms with Crippen LogP contribution >= 0.6 is 0 Å². The minimum Gasteiger partial charge on any atom is -0.497 e.